The fourth-order valence-electron chi connectivity index (χ4n) is 4.22. The second-order valence-corrected chi connectivity index (χ2v) is 11.0. The van der Waals surface area contributed by atoms with Crippen molar-refractivity contribution in [3.05, 3.63) is 41.8 Å². The van der Waals surface area contributed by atoms with Crippen LogP contribution in [-0.2, 0) is 9.84 Å². The van der Waals surface area contributed by atoms with Crippen LogP contribution in [0.3, 0.4) is 0 Å². The van der Waals surface area contributed by atoms with Gasteiger partial charge in [-0.05, 0) is 38.1 Å². The molecule has 176 valence electrons. The van der Waals surface area contributed by atoms with Crippen molar-refractivity contribution in [3.8, 4) is 17.0 Å². The largest absolute Gasteiger partial charge is 0.435 e. The third-order valence-electron chi connectivity index (χ3n) is 5.50. The third-order valence-corrected chi connectivity index (χ3v) is 7.77. The number of ether oxygens (including phenoxy) is 1. The highest BCUT2D eigenvalue weighted by Crippen LogP contribution is 2.37. The summed E-state index contributed by atoms with van der Waals surface area (Å²) in [5.41, 5.74) is 0.519. The van der Waals surface area contributed by atoms with E-state index in [-0.39, 0.29) is 52.3 Å². The molecule has 7 nitrogen and oxygen atoms in total. The Morgan fingerprint density at radius 2 is 1.94 bits per heavy atom. The Hall–Kier alpha value is -2.95. The molecule has 0 saturated carbocycles. The number of ketones is 1. The summed E-state index contributed by atoms with van der Waals surface area (Å²) in [6.45, 7) is 2.38. The maximum Gasteiger partial charge on any atom is 0.387 e. The first kappa shape index (κ1) is 23.2. The molecule has 33 heavy (non-hydrogen) atoms. The Bertz CT molecular complexity index is 1340. The van der Waals surface area contributed by atoms with Gasteiger partial charge in [0.25, 0.3) is 0 Å². The van der Waals surface area contributed by atoms with Gasteiger partial charge in [-0.25, -0.2) is 12.8 Å². The first-order valence-corrected chi connectivity index (χ1v) is 12.1. The van der Waals surface area contributed by atoms with Crippen LogP contribution in [0.15, 0.2) is 30.5 Å². The second kappa shape index (κ2) is 8.12. The van der Waals surface area contributed by atoms with E-state index in [2.05, 4.69) is 14.8 Å². The summed E-state index contributed by atoms with van der Waals surface area (Å²) in [5.74, 6) is -1.23. The summed E-state index contributed by atoms with van der Waals surface area (Å²) in [6.07, 6.45) is 1.40. The van der Waals surface area contributed by atoms with Crippen LogP contribution in [0, 0.1) is 11.2 Å². The van der Waals surface area contributed by atoms with Gasteiger partial charge in [0.15, 0.2) is 15.6 Å². The lowest BCUT2D eigenvalue weighted by atomic mass is 9.86. The minimum atomic E-state index is -3.09. The maximum atomic E-state index is 14.6. The zero-order valence-electron chi connectivity index (χ0n) is 18.2. The summed E-state index contributed by atoms with van der Waals surface area (Å²) >= 11 is 0. The van der Waals surface area contributed by atoms with Gasteiger partial charge >= 0.3 is 6.61 Å². The predicted octanol–water partition coefficient (Wildman–Crippen LogP) is 4.43. The summed E-state index contributed by atoms with van der Waals surface area (Å²) in [6, 6.07) is 4.66. The number of fused-ring (bicyclic) bond motifs is 1. The van der Waals surface area contributed by atoms with Crippen LogP contribution >= 0.6 is 0 Å². The van der Waals surface area contributed by atoms with Gasteiger partial charge in [0.2, 0.25) is 0 Å². The van der Waals surface area contributed by atoms with Crippen LogP contribution in [0.4, 0.5) is 13.2 Å². The molecule has 0 unspecified atom stereocenters. The Balaban J connectivity index is 1.75. The Morgan fingerprint density at radius 3 is 2.55 bits per heavy atom. The summed E-state index contributed by atoms with van der Waals surface area (Å²) in [4.78, 5) is 17.2. The number of benzene rings is 1. The number of aromatic nitrogens is 3. The van der Waals surface area contributed by atoms with Gasteiger partial charge in [0.05, 0.1) is 17.0 Å². The number of hydrogen-bond donors (Lipinski definition) is 0. The van der Waals surface area contributed by atoms with Crippen LogP contribution in [0.1, 0.15) is 43.6 Å². The number of pyridine rings is 1. The minimum absolute atomic E-state index is 0.0359. The van der Waals surface area contributed by atoms with Crippen LogP contribution in [0.25, 0.3) is 22.3 Å². The van der Waals surface area contributed by atoms with E-state index in [0.29, 0.717) is 11.0 Å². The van der Waals surface area contributed by atoms with Crippen LogP contribution in [-0.4, -0.2) is 47.1 Å². The molecule has 1 fully saturated rings. The SMILES string of the molecule is CC(C)n1nc(-c2cc(OC(F)F)ccc2F)c2ncc(C(=O)CC3(C)CS(=O)(=O)C3)cc21. The van der Waals surface area contributed by atoms with Crippen LogP contribution in [0.2, 0.25) is 0 Å². The zero-order chi connectivity index (χ0) is 24.1. The first-order chi connectivity index (χ1) is 15.4. The number of carbonyl (C=O) groups is 1. The molecule has 1 aliphatic rings. The smallest absolute Gasteiger partial charge is 0.387 e. The van der Waals surface area contributed by atoms with Crippen molar-refractivity contribution in [3.63, 3.8) is 0 Å². The molecule has 3 heterocycles. The van der Waals surface area contributed by atoms with Gasteiger partial charge in [-0.2, -0.15) is 13.9 Å². The zero-order valence-corrected chi connectivity index (χ0v) is 19.0. The van der Waals surface area contributed by atoms with Crippen molar-refractivity contribution in [2.75, 3.05) is 11.5 Å². The van der Waals surface area contributed by atoms with E-state index >= 15 is 0 Å². The molecule has 0 amide bonds. The van der Waals surface area contributed by atoms with Crippen LogP contribution < -0.4 is 4.74 Å². The molecule has 4 rings (SSSR count). The number of hydrogen-bond acceptors (Lipinski definition) is 6. The maximum absolute atomic E-state index is 14.6. The molecule has 1 aromatic carbocycles. The quantitative estimate of drug-likeness (QED) is 0.464. The van der Waals surface area contributed by atoms with Crippen molar-refractivity contribution in [2.45, 2.75) is 39.8 Å². The Kier molecular flexibility index (Phi) is 5.71. The number of rotatable bonds is 7. The van der Waals surface area contributed by atoms with E-state index < -0.39 is 27.7 Å². The topological polar surface area (TPSA) is 91.2 Å². The highest BCUT2D eigenvalue weighted by Gasteiger charge is 2.45. The molecular weight excluding hydrogens is 459 g/mol. The van der Waals surface area contributed by atoms with E-state index in [0.717, 1.165) is 18.2 Å². The Morgan fingerprint density at radius 1 is 1.24 bits per heavy atom. The number of sulfone groups is 1. The number of halogens is 3. The van der Waals surface area contributed by atoms with Gasteiger partial charge in [-0.1, -0.05) is 6.92 Å². The van der Waals surface area contributed by atoms with E-state index in [1.165, 1.54) is 6.20 Å². The lowest BCUT2D eigenvalue weighted by Crippen LogP contribution is -2.47. The molecule has 1 aliphatic heterocycles. The van der Waals surface area contributed by atoms with Crippen molar-refractivity contribution in [2.24, 2.45) is 5.41 Å². The van der Waals surface area contributed by atoms with E-state index in [4.69, 9.17) is 0 Å². The third kappa shape index (κ3) is 4.59. The van der Waals surface area contributed by atoms with Crippen molar-refractivity contribution >= 4 is 26.7 Å². The van der Waals surface area contributed by atoms with Gasteiger partial charge < -0.3 is 4.74 Å². The Labute approximate surface area is 188 Å². The van der Waals surface area contributed by atoms with Gasteiger partial charge in [-0.3, -0.25) is 14.5 Å². The predicted molar refractivity (Wildman–Crippen MR) is 116 cm³/mol. The number of carbonyl (C=O) groups excluding carboxylic acids is 1. The molecule has 1 saturated heterocycles. The average molecular weight is 481 g/mol. The van der Waals surface area contributed by atoms with Gasteiger partial charge in [0, 0.05) is 35.2 Å². The average Bonchev–Trinajstić information content (AvgIpc) is 3.06. The fraction of sp³-hybridized carbons (Fsp3) is 0.409. The molecule has 0 spiro atoms. The van der Waals surface area contributed by atoms with E-state index in [9.17, 15) is 26.4 Å². The fourth-order valence-corrected chi connectivity index (χ4v) is 6.46. The van der Waals surface area contributed by atoms with E-state index in [1.54, 1.807) is 17.7 Å². The molecular formula is C22H22F3N3O4S. The summed E-state index contributed by atoms with van der Waals surface area (Å²) in [5, 5.41) is 4.44. The van der Waals surface area contributed by atoms with Crippen molar-refractivity contribution < 1.29 is 31.1 Å². The summed E-state index contributed by atoms with van der Waals surface area (Å²) in [7, 11) is -3.09. The van der Waals surface area contributed by atoms with Crippen molar-refractivity contribution in [1.82, 2.24) is 14.8 Å². The first-order valence-electron chi connectivity index (χ1n) is 10.2. The highest BCUT2D eigenvalue weighted by molar-refractivity contribution is 7.92. The number of alkyl halides is 2. The molecule has 0 atom stereocenters. The molecule has 3 aromatic rings. The second-order valence-electron chi connectivity index (χ2n) is 8.94. The van der Waals surface area contributed by atoms with Gasteiger partial charge in [-0.15, -0.1) is 0 Å². The normalized spacial score (nSPS) is 16.8. The number of nitrogens with zero attached hydrogens (tertiary/aromatic N) is 3. The molecule has 0 N–H and O–H groups in total. The van der Waals surface area contributed by atoms with Crippen molar-refractivity contribution in [1.29, 1.82) is 0 Å². The van der Waals surface area contributed by atoms with E-state index in [1.807, 2.05) is 13.8 Å². The van der Waals surface area contributed by atoms with Gasteiger partial charge in [0.1, 0.15) is 22.8 Å². The van der Waals surface area contributed by atoms with Crippen LogP contribution in [0.5, 0.6) is 5.75 Å². The minimum Gasteiger partial charge on any atom is -0.435 e. The molecule has 0 bridgehead atoms. The molecule has 0 aliphatic carbocycles. The molecule has 11 heteroatoms. The molecule has 0 radical (unpaired) electrons. The standard InChI is InChI=1S/C22H22F3N3O4S/c1-12(2)28-17-6-13(18(29)8-22(3)10-33(30,31)11-22)9-26-20(17)19(27-28)15-7-14(32-21(24)25)4-5-16(15)23/h4-7,9,12,21H,8,10-11H2,1-3H3. The lowest BCUT2D eigenvalue weighted by Gasteiger charge is -2.37. The number of Topliss-reactive ketones (excluding diaryl/α,β-unsaturated/α-hetero) is 1. The summed E-state index contributed by atoms with van der Waals surface area (Å²) < 4.78 is 68.9. The monoisotopic (exact) mass is 481 g/mol. The molecule has 2 aromatic heterocycles. The lowest BCUT2D eigenvalue weighted by molar-refractivity contribution is -0.0498. The highest BCUT2D eigenvalue weighted by atomic mass is 32.2.